The zero-order valence-corrected chi connectivity index (χ0v) is 15.9. The van der Waals surface area contributed by atoms with Crippen molar-refractivity contribution >= 4 is 18.0 Å². The molecule has 0 aliphatic rings. The highest BCUT2D eigenvalue weighted by Crippen LogP contribution is 2.24. The molecule has 0 bridgehead atoms. The molecule has 2 aromatic rings. The zero-order valence-electron chi connectivity index (χ0n) is 15.9. The van der Waals surface area contributed by atoms with Crippen LogP contribution in [0.5, 0.6) is 0 Å². The SMILES string of the molecule is CCOC(=O)c1ccc(-c2ccc(/C=C(/C#N)C(=O)NCCCOC)o2)cc1. The molecule has 1 heterocycles. The van der Waals surface area contributed by atoms with E-state index in [4.69, 9.17) is 13.9 Å². The second kappa shape index (κ2) is 10.7. The van der Waals surface area contributed by atoms with Gasteiger partial charge in [0.25, 0.3) is 5.91 Å². The lowest BCUT2D eigenvalue weighted by molar-refractivity contribution is -0.117. The number of esters is 1. The number of nitriles is 1. The molecule has 7 heteroatoms. The second-order valence-electron chi connectivity index (χ2n) is 5.77. The largest absolute Gasteiger partial charge is 0.462 e. The predicted octanol–water partition coefficient (Wildman–Crippen LogP) is 3.18. The van der Waals surface area contributed by atoms with E-state index in [-0.39, 0.29) is 11.5 Å². The first kappa shape index (κ1) is 20.9. The van der Waals surface area contributed by atoms with Gasteiger partial charge in [0.2, 0.25) is 0 Å². The molecule has 1 aromatic carbocycles. The smallest absolute Gasteiger partial charge is 0.338 e. The molecule has 1 aromatic heterocycles. The van der Waals surface area contributed by atoms with Crippen molar-refractivity contribution in [1.29, 1.82) is 5.26 Å². The van der Waals surface area contributed by atoms with Gasteiger partial charge >= 0.3 is 5.97 Å². The van der Waals surface area contributed by atoms with E-state index in [1.54, 1.807) is 50.4 Å². The summed E-state index contributed by atoms with van der Waals surface area (Å²) >= 11 is 0. The summed E-state index contributed by atoms with van der Waals surface area (Å²) in [4.78, 5) is 23.7. The maximum absolute atomic E-state index is 12.0. The Kier molecular flexibility index (Phi) is 8.00. The number of methoxy groups -OCH3 is 1. The first-order valence-corrected chi connectivity index (χ1v) is 8.85. The summed E-state index contributed by atoms with van der Waals surface area (Å²) in [5.41, 5.74) is 1.17. The van der Waals surface area contributed by atoms with Crippen LogP contribution in [0, 0.1) is 11.3 Å². The van der Waals surface area contributed by atoms with Gasteiger partial charge < -0.3 is 19.2 Å². The Hall–Kier alpha value is -3.37. The van der Waals surface area contributed by atoms with Crippen LogP contribution in [0.1, 0.15) is 29.5 Å². The van der Waals surface area contributed by atoms with E-state index in [1.807, 2.05) is 6.07 Å². The summed E-state index contributed by atoms with van der Waals surface area (Å²) in [6.07, 6.45) is 2.05. The molecular formula is C21H22N2O5. The third-order valence-electron chi connectivity index (χ3n) is 3.77. The van der Waals surface area contributed by atoms with Gasteiger partial charge in [0.15, 0.2) is 0 Å². The number of rotatable bonds is 9. The van der Waals surface area contributed by atoms with Crippen molar-refractivity contribution in [1.82, 2.24) is 5.32 Å². The van der Waals surface area contributed by atoms with Crippen molar-refractivity contribution in [2.75, 3.05) is 26.9 Å². The van der Waals surface area contributed by atoms with Gasteiger partial charge in [0.1, 0.15) is 23.2 Å². The average molecular weight is 382 g/mol. The molecule has 0 atom stereocenters. The number of hydrogen-bond acceptors (Lipinski definition) is 6. The third-order valence-corrected chi connectivity index (χ3v) is 3.77. The Labute approximate surface area is 163 Å². The molecule has 0 saturated heterocycles. The zero-order chi connectivity index (χ0) is 20.4. The number of hydrogen-bond donors (Lipinski definition) is 1. The van der Waals surface area contributed by atoms with E-state index in [0.29, 0.717) is 43.3 Å². The molecule has 0 aliphatic heterocycles. The van der Waals surface area contributed by atoms with Gasteiger partial charge in [-0.1, -0.05) is 12.1 Å². The fraction of sp³-hybridized carbons (Fsp3) is 0.286. The molecule has 0 aliphatic carbocycles. The van der Waals surface area contributed by atoms with Crippen LogP contribution >= 0.6 is 0 Å². The van der Waals surface area contributed by atoms with E-state index >= 15 is 0 Å². The van der Waals surface area contributed by atoms with Crippen molar-refractivity contribution in [3.8, 4) is 17.4 Å². The van der Waals surface area contributed by atoms with Gasteiger partial charge in [-0.3, -0.25) is 4.79 Å². The average Bonchev–Trinajstić information content (AvgIpc) is 3.18. The topological polar surface area (TPSA) is 102 Å². The highest BCUT2D eigenvalue weighted by Gasteiger charge is 2.11. The van der Waals surface area contributed by atoms with Crippen LogP contribution < -0.4 is 5.32 Å². The van der Waals surface area contributed by atoms with Crippen LogP contribution in [-0.2, 0) is 14.3 Å². The minimum atomic E-state index is -0.463. The lowest BCUT2D eigenvalue weighted by Crippen LogP contribution is -2.26. The summed E-state index contributed by atoms with van der Waals surface area (Å²) in [6.45, 7) is 3.01. The van der Waals surface area contributed by atoms with Crippen molar-refractivity contribution in [2.45, 2.75) is 13.3 Å². The molecule has 1 amide bonds. The summed E-state index contributed by atoms with van der Waals surface area (Å²) in [5, 5.41) is 11.9. The molecule has 0 saturated carbocycles. The van der Waals surface area contributed by atoms with E-state index in [1.165, 1.54) is 6.08 Å². The van der Waals surface area contributed by atoms with E-state index < -0.39 is 5.91 Å². The number of carbonyl (C=O) groups excluding carboxylic acids is 2. The second-order valence-corrected chi connectivity index (χ2v) is 5.77. The summed E-state index contributed by atoms with van der Waals surface area (Å²) in [5.74, 6) is 0.0927. The molecule has 0 radical (unpaired) electrons. The van der Waals surface area contributed by atoms with Crippen LogP contribution in [0.4, 0.5) is 0 Å². The lowest BCUT2D eigenvalue weighted by Gasteiger charge is -2.03. The van der Waals surface area contributed by atoms with Crippen LogP contribution in [-0.4, -0.2) is 38.7 Å². The molecule has 2 rings (SSSR count). The summed E-state index contributed by atoms with van der Waals surface area (Å²) < 4.78 is 15.6. The molecule has 146 valence electrons. The van der Waals surface area contributed by atoms with Gasteiger partial charge in [-0.15, -0.1) is 0 Å². The quantitative estimate of drug-likeness (QED) is 0.309. The standard InChI is InChI=1S/C21H22N2O5/c1-3-27-21(25)16-7-5-15(6-8-16)19-10-9-18(28-19)13-17(14-22)20(24)23-11-4-12-26-2/h5-10,13H,3-4,11-12H2,1-2H3,(H,23,24)/b17-13-. The number of nitrogens with one attached hydrogen (secondary N) is 1. The minimum Gasteiger partial charge on any atom is -0.462 e. The predicted molar refractivity (Wildman–Crippen MR) is 103 cm³/mol. The van der Waals surface area contributed by atoms with Crippen molar-refractivity contribution in [3.63, 3.8) is 0 Å². The van der Waals surface area contributed by atoms with Crippen LogP contribution in [0.25, 0.3) is 17.4 Å². The highest BCUT2D eigenvalue weighted by atomic mass is 16.5. The lowest BCUT2D eigenvalue weighted by atomic mass is 10.1. The van der Waals surface area contributed by atoms with Crippen molar-refractivity contribution < 1.29 is 23.5 Å². The Balaban J connectivity index is 2.07. The van der Waals surface area contributed by atoms with Crippen LogP contribution in [0.3, 0.4) is 0 Å². The Bertz CT molecular complexity index is 875. The Morgan fingerprint density at radius 2 is 1.96 bits per heavy atom. The minimum absolute atomic E-state index is 0.0454. The summed E-state index contributed by atoms with van der Waals surface area (Å²) in [7, 11) is 1.58. The van der Waals surface area contributed by atoms with Crippen LogP contribution in [0.15, 0.2) is 46.4 Å². The van der Waals surface area contributed by atoms with Gasteiger partial charge in [0, 0.05) is 31.9 Å². The fourth-order valence-corrected chi connectivity index (χ4v) is 2.38. The van der Waals surface area contributed by atoms with Crippen LogP contribution in [0.2, 0.25) is 0 Å². The number of nitrogens with zero attached hydrogens (tertiary/aromatic N) is 1. The molecule has 28 heavy (non-hydrogen) atoms. The molecular weight excluding hydrogens is 360 g/mol. The molecule has 0 spiro atoms. The van der Waals surface area contributed by atoms with E-state index in [2.05, 4.69) is 5.32 Å². The van der Waals surface area contributed by atoms with Gasteiger partial charge in [0.05, 0.1) is 12.2 Å². The maximum Gasteiger partial charge on any atom is 0.338 e. The van der Waals surface area contributed by atoms with Gasteiger partial charge in [-0.25, -0.2) is 4.79 Å². The molecule has 0 fully saturated rings. The van der Waals surface area contributed by atoms with E-state index in [0.717, 1.165) is 5.56 Å². The summed E-state index contributed by atoms with van der Waals surface area (Å²) in [6, 6.07) is 12.1. The fourth-order valence-electron chi connectivity index (χ4n) is 2.38. The number of amides is 1. The molecule has 7 nitrogen and oxygen atoms in total. The number of furan rings is 1. The highest BCUT2D eigenvalue weighted by molar-refractivity contribution is 6.01. The van der Waals surface area contributed by atoms with Crippen molar-refractivity contribution in [2.24, 2.45) is 0 Å². The first-order valence-electron chi connectivity index (χ1n) is 8.85. The Morgan fingerprint density at radius 3 is 2.61 bits per heavy atom. The first-order chi connectivity index (χ1) is 13.6. The normalized spacial score (nSPS) is 11.0. The molecule has 1 N–H and O–H groups in total. The monoisotopic (exact) mass is 382 g/mol. The van der Waals surface area contributed by atoms with Gasteiger partial charge in [-0.2, -0.15) is 5.26 Å². The maximum atomic E-state index is 12.0. The third kappa shape index (κ3) is 5.83. The number of ether oxygens (including phenoxy) is 2. The molecule has 0 unspecified atom stereocenters. The van der Waals surface area contributed by atoms with Gasteiger partial charge in [-0.05, 0) is 37.6 Å². The number of benzene rings is 1. The Morgan fingerprint density at radius 1 is 1.21 bits per heavy atom. The number of carbonyl (C=O) groups is 2. The van der Waals surface area contributed by atoms with Crippen molar-refractivity contribution in [3.05, 3.63) is 53.3 Å². The van der Waals surface area contributed by atoms with E-state index in [9.17, 15) is 14.9 Å².